The summed E-state index contributed by atoms with van der Waals surface area (Å²) in [6.07, 6.45) is -9.09. The molecule has 0 saturated carbocycles. The molecule has 1 fully saturated rings. The minimum Gasteiger partial charge on any atom is -0.343 e. The van der Waals surface area contributed by atoms with Gasteiger partial charge in [-0.3, -0.25) is 9.59 Å². The Morgan fingerprint density at radius 3 is 1.87 bits per heavy atom. The third-order valence-electron chi connectivity index (χ3n) is 5.14. The summed E-state index contributed by atoms with van der Waals surface area (Å²) in [5, 5.41) is 0. The van der Waals surface area contributed by atoms with Gasteiger partial charge >= 0.3 is 12.4 Å². The fraction of sp³-hybridized carbons (Fsp3) is 0.619. The highest BCUT2D eigenvalue weighted by molar-refractivity contribution is 5.81. The summed E-state index contributed by atoms with van der Waals surface area (Å²) in [5.74, 6) is -0.587. The molecule has 2 N–H and O–H groups in total. The maximum atomic E-state index is 13.0. The molecular formula is C21H26F6N2O2. The van der Waals surface area contributed by atoms with Crippen molar-refractivity contribution in [2.24, 2.45) is 11.7 Å². The SMILES string of the molecule is CC(C)(N)CC(=O)N1CCC(CC(=O)Cc2cc(C(F)(F)F)cc(C(F)(F)F)c2)CC1. The quantitative estimate of drug-likeness (QED) is 0.642. The highest BCUT2D eigenvalue weighted by Crippen LogP contribution is 2.36. The van der Waals surface area contributed by atoms with E-state index < -0.39 is 41.2 Å². The van der Waals surface area contributed by atoms with Crippen molar-refractivity contribution < 1.29 is 35.9 Å². The molecule has 1 saturated heterocycles. The van der Waals surface area contributed by atoms with E-state index in [1.54, 1.807) is 18.7 Å². The summed E-state index contributed by atoms with van der Waals surface area (Å²) in [5.41, 5.74) is 2.04. The molecule has 0 radical (unpaired) electrons. The van der Waals surface area contributed by atoms with Gasteiger partial charge in [-0.2, -0.15) is 26.3 Å². The monoisotopic (exact) mass is 452 g/mol. The molecule has 174 valence electrons. The van der Waals surface area contributed by atoms with Crippen LogP contribution in [0.25, 0.3) is 0 Å². The molecule has 0 atom stereocenters. The highest BCUT2D eigenvalue weighted by atomic mass is 19.4. The molecule has 1 heterocycles. The van der Waals surface area contributed by atoms with Gasteiger partial charge in [0, 0.05) is 37.9 Å². The van der Waals surface area contributed by atoms with E-state index in [4.69, 9.17) is 5.73 Å². The van der Waals surface area contributed by atoms with Crippen molar-refractivity contribution in [1.82, 2.24) is 4.90 Å². The molecule has 0 spiro atoms. The molecule has 1 amide bonds. The normalized spacial score (nSPS) is 16.5. The first-order chi connectivity index (χ1) is 14.0. The number of nitrogens with two attached hydrogens (primary N) is 1. The lowest BCUT2D eigenvalue weighted by atomic mass is 9.89. The van der Waals surface area contributed by atoms with Crippen LogP contribution in [0.2, 0.25) is 0 Å². The summed E-state index contributed by atoms with van der Waals surface area (Å²) in [6.45, 7) is 4.37. The Hall–Kier alpha value is -2.10. The number of carbonyl (C=O) groups excluding carboxylic acids is 2. The first-order valence-corrected chi connectivity index (χ1v) is 9.91. The fourth-order valence-corrected chi connectivity index (χ4v) is 3.63. The van der Waals surface area contributed by atoms with Gasteiger partial charge in [-0.15, -0.1) is 0 Å². The summed E-state index contributed by atoms with van der Waals surface area (Å²) >= 11 is 0. The zero-order valence-electron chi connectivity index (χ0n) is 17.4. The van der Waals surface area contributed by atoms with Crippen molar-refractivity contribution in [3.05, 3.63) is 34.9 Å². The first-order valence-electron chi connectivity index (χ1n) is 9.91. The maximum absolute atomic E-state index is 13.0. The lowest BCUT2D eigenvalue weighted by Gasteiger charge is -2.33. The van der Waals surface area contributed by atoms with Crippen molar-refractivity contribution in [3.8, 4) is 0 Å². The molecule has 0 unspecified atom stereocenters. The molecule has 1 aromatic rings. The number of Topliss-reactive ketones (excluding diaryl/α,β-unsaturated/α-hetero) is 1. The van der Waals surface area contributed by atoms with E-state index in [1.165, 1.54) is 0 Å². The third kappa shape index (κ3) is 7.83. The number of hydrogen-bond acceptors (Lipinski definition) is 3. The minimum absolute atomic E-state index is 0.0437. The number of carbonyl (C=O) groups is 2. The molecule has 4 nitrogen and oxygen atoms in total. The van der Waals surface area contributed by atoms with Crippen LogP contribution in [0.5, 0.6) is 0 Å². The van der Waals surface area contributed by atoms with Gasteiger partial charge in [0.1, 0.15) is 5.78 Å². The second-order valence-corrected chi connectivity index (χ2v) is 8.82. The lowest BCUT2D eigenvalue weighted by molar-refractivity contribution is -0.143. The smallest absolute Gasteiger partial charge is 0.343 e. The summed E-state index contributed by atoms with van der Waals surface area (Å²) in [6, 6.07) is 1.22. The standard InChI is InChI=1S/C21H26F6N2O2/c1-19(2,28)12-18(31)29-5-3-13(4-6-29)9-17(30)10-14-7-15(20(22,23)24)11-16(8-14)21(25,26)27/h7-8,11,13H,3-6,9-10,12,28H2,1-2H3. The number of ketones is 1. The highest BCUT2D eigenvalue weighted by Gasteiger charge is 2.37. The number of rotatable bonds is 6. The Morgan fingerprint density at radius 1 is 0.968 bits per heavy atom. The van der Waals surface area contributed by atoms with Crippen LogP contribution in [0.4, 0.5) is 26.3 Å². The van der Waals surface area contributed by atoms with Gasteiger partial charge in [0.05, 0.1) is 11.1 Å². The number of nitrogens with zero attached hydrogens (tertiary/aromatic N) is 1. The van der Waals surface area contributed by atoms with Crippen molar-refractivity contribution in [1.29, 1.82) is 0 Å². The predicted octanol–water partition coefficient (Wildman–Crippen LogP) is 4.59. The van der Waals surface area contributed by atoms with Gasteiger partial charge < -0.3 is 10.6 Å². The van der Waals surface area contributed by atoms with Crippen LogP contribution in [-0.2, 0) is 28.4 Å². The molecule has 0 aliphatic carbocycles. The molecule has 1 aromatic carbocycles. The topological polar surface area (TPSA) is 63.4 Å². The van der Waals surface area contributed by atoms with Crippen LogP contribution in [0, 0.1) is 5.92 Å². The molecule has 10 heteroatoms. The Morgan fingerprint density at radius 2 is 1.45 bits per heavy atom. The number of benzene rings is 1. The van der Waals surface area contributed by atoms with E-state index in [-0.39, 0.29) is 36.3 Å². The first kappa shape index (κ1) is 25.2. The van der Waals surface area contributed by atoms with E-state index in [1.807, 2.05) is 0 Å². The van der Waals surface area contributed by atoms with Crippen LogP contribution in [0.3, 0.4) is 0 Å². The van der Waals surface area contributed by atoms with Gasteiger partial charge in [0.15, 0.2) is 0 Å². The number of amides is 1. The molecule has 2 rings (SSSR count). The number of halogens is 6. The Kier molecular flexibility index (Phi) is 7.45. The average Bonchev–Trinajstić information content (AvgIpc) is 2.59. The second-order valence-electron chi connectivity index (χ2n) is 8.82. The Labute approximate surface area is 176 Å². The van der Waals surface area contributed by atoms with Gasteiger partial charge in [-0.05, 0) is 56.4 Å². The zero-order valence-corrected chi connectivity index (χ0v) is 17.4. The molecule has 1 aliphatic rings. The zero-order chi connectivity index (χ0) is 23.6. The maximum Gasteiger partial charge on any atom is 0.416 e. The van der Waals surface area contributed by atoms with Crippen molar-refractivity contribution in [3.63, 3.8) is 0 Å². The summed E-state index contributed by atoms with van der Waals surface area (Å²) in [7, 11) is 0. The van der Waals surface area contributed by atoms with Gasteiger partial charge in [0.2, 0.25) is 5.91 Å². The Bertz CT molecular complexity index is 771. The van der Waals surface area contributed by atoms with Crippen molar-refractivity contribution >= 4 is 11.7 Å². The molecule has 31 heavy (non-hydrogen) atoms. The molecule has 1 aliphatic heterocycles. The van der Waals surface area contributed by atoms with Gasteiger partial charge in [-0.1, -0.05) is 0 Å². The van der Waals surface area contributed by atoms with Crippen molar-refractivity contribution in [2.45, 2.75) is 63.8 Å². The van der Waals surface area contributed by atoms with Gasteiger partial charge in [0.25, 0.3) is 0 Å². The number of piperidine rings is 1. The van der Waals surface area contributed by atoms with Crippen molar-refractivity contribution in [2.75, 3.05) is 13.1 Å². The largest absolute Gasteiger partial charge is 0.416 e. The predicted molar refractivity (Wildman–Crippen MR) is 102 cm³/mol. The van der Waals surface area contributed by atoms with Crippen LogP contribution in [0.15, 0.2) is 18.2 Å². The molecular weight excluding hydrogens is 426 g/mol. The van der Waals surface area contributed by atoms with E-state index in [9.17, 15) is 35.9 Å². The lowest BCUT2D eigenvalue weighted by Crippen LogP contribution is -2.44. The van der Waals surface area contributed by atoms with Crippen LogP contribution >= 0.6 is 0 Å². The fourth-order valence-electron chi connectivity index (χ4n) is 3.63. The average molecular weight is 452 g/mol. The number of alkyl halides is 6. The molecule has 0 bridgehead atoms. The van der Waals surface area contributed by atoms with Crippen LogP contribution < -0.4 is 5.73 Å². The van der Waals surface area contributed by atoms with Crippen LogP contribution in [0.1, 0.15) is 56.2 Å². The Balaban J connectivity index is 1.98. The van der Waals surface area contributed by atoms with Gasteiger partial charge in [-0.25, -0.2) is 0 Å². The van der Waals surface area contributed by atoms with E-state index in [2.05, 4.69) is 0 Å². The van der Waals surface area contributed by atoms with E-state index >= 15 is 0 Å². The van der Waals surface area contributed by atoms with E-state index in [0.29, 0.717) is 38.1 Å². The van der Waals surface area contributed by atoms with E-state index in [0.717, 1.165) is 0 Å². The number of hydrogen-bond donors (Lipinski definition) is 1. The summed E-state index contributed by atoms with van der Waals surface area (Å²) < 4.78 is 77.8. The minimum atomic E-state index is -4.95. The second kappa shape index (κ2) is 9.18. The van der Waals surface area contributed by atoms with Crippen LogP contribution in [-0.4, -0.2) is 35.2 Å². The summed E-state index contributed by atoms with van der Waals surface area (Å²) in [4.78, 5) is 26.2. The molecule has 0 aromatic heterocycles. The third-order valence-corrected chi connectivity index (χ3v) is 5.14. The number of likely N-dealkylation sites (tertiary alicyclic amines) is 1.